The Kier molecular flexibility index (Phi) is 5.82. The zero-order valence-corrected chi connectivity index (χ0v) is 18.2. The fourth-order valence-corrected chi connectivity index (χ4v) is 4.74. The van der Waals surface area contributed by atoms with Crippen LogP contribution in [0.2, 0.25) is 0 Å². The van der Waals surface area contributed by atoms with E-state index in [4.69, 9.17) is 4.74 Å². The fraction of sp³-hybridized carbons (Fsp3) is 0.238. The summed E-state index contributed by atoms with van der Waals surface area (Å²) in [5.41, 5.74) is 1.98. The van der Waals surface area contributed by atoms with Gasteiger partial charge in [0.15, 0.2) is 16.7 Å². The molecule has 2 aliphatic rings. The zero-order chi connectivity index (χ0) is 20.4. The number of piperazine rings is 1. The van der Waals surface area contributed by atoms with Gasteiger partial charge in [0.1, 0.15) is 0 Å². The number of para-hydroxylation sites is 1. The molecule has 2 aliphatic heterocycles. The first-order chi connectivity index (χ1) is 14.0. The van der Waals surface area contributed by atoms with Crippen LogP contribution in [0.4, 0.5) is 5.69 Å². The number of thioether (sulfide) groups is 1. The molecule has 0 unspecified atom stereocenters. The first-order valence-corrected chi connectivity index (χ1v) is 10.8. The van der Waals surface area contributed by atoms with Crippen LogP contribution in [0.25, 0.3) is 6.08 Å². The topological polar surface area (TPSA) is 65.4 Å². The van der Waals surface area contributed by atoms with Crippen LogP contribution >= 0.6 is 27.7 Å². The molecule has 6 nitrogen and oxygen atoms in total. The van der Waals surface area contributed by atoms with Gasteiger partial charge >= 0.3 is 0 Å². The van der Waals surface area contributed by atoms with E-state index < -0.39 is 0 Å². The van der Waals surface area contributed by atoms with E-state index in [0.29, 0.717) is 15.1 Å². The van der Waals surface area contributed by atoms with Crippen LogP contribution in [0, 0.1) is 0 Å². The molecular formula is C21H20BrN3O3S. The maximum absolute atomic E-state index is 12.4. The molecule has 0 saturated carbocycles. The zero-order valence-electron chi connectivity index (χ0n) is 15.8. The van der Waals surface area contributed by atoms with Crippen LogP contribution in [0.15, 0.2) is 56.8 Å². The summed E-state index contributed by atoms with van der Waals surface area (Å²) in [6.07, 6.45) is 1.77. The third kappa shape index (κ3) is 4.28. The maximum atomic E-state index is 12.4. The van der Waals surface area contributed by atoms with Crippen molar-refractivity contribution in [2.75, 3.05) is 38.2 Å². The Morgan fingerprint density at radius 1 is 1.14 bits per heavy atom. The highest BCUT2D eigenvalue weighted by atomic mass is 79.9. The molecule has 2 aromatic rings. The van der Waals surface area contributed by atoms with Gasteiger partial charge in [-0.05, 0) is 63.6 Å². The van der Waals surface area contributed by atoms with E-state index >= 15 is 0 Å². The second-order valence-electron chi connectivity index (χ2n) is 6.67. The van der Waals surface area contributed by atoms with Crippen LogP contribution in [0.3, 0.4) is 0 Å². The van der Waals surface area contributed by atoms with Crippen molar-refractivity contribution >= 4 is 50.5 Å². The summed E-state index contributed by atoms with van der Waals surface area (Å²) in [6, 6.07) is 13.8. The molecule has 0 bridgehead atoms. The Hall–Kier alpha value is -2.45. The fourth-order valence-electron chi connectivity index (χ4n) is 3.31. The number of ether oxygens (including phenoxy) is 1. The molecule has 0 spiro atoms. The number of amides is 1. The van der Waals surface area contributed by atoms with Crippen LogP contribution in [-0.2, 0) is 4.79 Å². The van der Waals surface area contributed by atoms with E-state index in [2.05, 4.69) is 42.9 Å². The van der Waals surface area contributed by atoms with Crippen LogP contribution in [-0.4, -0.2) is 54.4 Å². The Bertz CT molecular complexity index is 986. The van der Waals surface area contributed by atoms with Gasteiger partial charge < -0.3 is 19.6 Å². The minimum Gasteiger partial charge on any atom is -0.503 e. The molecular weight excluding hydrogens is 454 g/mol. The lowest BCUT2D eigenvalue weighted by molar-refractivity contribution is -0.113. The smallest absolute Gasteiger partial charge is 0.286 e. The predicted octanol–water partition coefficient (Wildman–Crippen LogP) is 3.96. The molecule has 0 radical (unpaired) electrons. The number of benzene rings is 2. The van der Waals surface area contributed by atoms with Crippen molar-refractivity contribution < 1.29 is 14.6 Å². The van der Waals surface area contributed by atoms with Crippen molar-refractivity contribution in [3.8, 4) is 11.5 Å². The van der Waals surface area contributed by atoms with E-state index in [-0.39, 0.29) is 11.7 Å². The Balaban J connectivity index is 1.44. The Labute approximate surface area is 182 Å². The number of amidine groups is 1. The molecule has 1 amide bonds. The summed E-state index contributed by atoms with van der Waals surface area (Å²) in [5.74, 6) is 0.145. The molecule has 1 fully saturated rings. The van der Waals surface area contributed by atoms with E-state index in [0.717, 1.165) is 36.9 Å². The second-order valence-corrected chi connectivity index (χ2v) is 8.54. The standard InChI is InChI=1S/C21H20BrN3O3S/c1-28-17-12-14(11-16(22)19(17)26)13-18-20(27)23-21(29-18)25-9-7-24(8-10-25)15-5-3-2-4-6-15/h2-6,11-13,26H,7-10H2,1H3/b18-13-. The number of phenolic OH excluding ortho intramolecular Hbond substituents is 1. The molecule has 0 aliphatic carbocycles. The normalized spacial score (nSPS) is 18.3. The maximum Gasteiger partial charge on any atom is 0.286 e. The molecule has 1 N–H and O–H groups in total. The predicted molar refractivity (Wildman–Crippen MR) is 121 cm³/mol. The Morgan fingerprint density at radius 3 is 2.52 bits per heavy atom. The van der Waals surface area contributed by atoms with Gasteiger partial charge in [-0.3, -0.25) is 4.79 Å². The van der Waals surface area contributed by atoms with E-state index in [1.807, 2.05) is 18.2 Å². The summed E-state index contributed by atoms with van der Waals surface area (Å²) in [4.78, 5) is 21.7. The molecule has 4 rings (SSSR count). The number of hydrogen-bond acceptors (Lipinski definition) is 6. The first kappa shape index (κ1) is 19.8. The number of aliphatic imine (C=N–C) groups is 1. The van der Waals surface area contributed by atoms with E-state index in [9.17, 15) is 9.90 Å². The van der Waals surface area contributed by atoms with Gasteiger partial charge in [-0.25, -0.2) is 0 Å². The van der Waals surface area contributed by atoms with Gasteiger partial charge in [0.2, 0.25) is 0 Å². The number of anilines is 1. The monoisotopic (exact) mass is 473 g/mol. The van der Waals surface area contributed by atoms with Gasteiger partial charge in [-0.15, -0.1) is 0 Å². The lowest BCUT2D eigenvalue weighted by atomic mass is 10.2. The molecule has 8 heteroatoms. The quantitative estimate of drug-likeness (QED) is 0.680. The third-order valence-electron chi connectivity index (χ3n) is 4.85. The van der Waals surface area contributed by atoms with Gasteiger partial charge in [0, 0.05) is 31.9 Å². The first-order valence-electron chi connectivity index (χ1n) is 9.19. The minimum absolute atomic E-state index is 0.0354. The van der Waals surface area contributed by atoms with Gasteiger partial charge in [-0.2, -0.15) is 4.99 Å². The van der Waals surface area contributed by atoms with Crippen molar-refractivity contribution in [2.45, 2.75) is 0 Å². The van der Waals surface area contributed by atoms with Crippen molar-refractivity contribution in [3.63, 3.8) is 0 Å². The summed E-state index contributed by atoms with van der Waals surface area (Å²) in [5, 5.41) is 10.7. The van der Waals surface area contributed by atoms with E-state index in [1.54, 1.807) is 18.2 Å². The van der Waals surface area contributed by atoms with Gasteiger partial charge in [0.05, 0.1) is 16.5 Å². The number of carbonyl (C=O) groups excluding carboxylic acids is 1. The van der Waals surface area contributed by atoms with Crippen LogP contribution in [0.5, 0.6) is 11.5 Å². The number of halogens is 1. The summed E-state index contributed by atoms with van der Waals surface area (Å²) < 4.78 is 5.69. The van der Waals surface area contributed by atoms with Gasteiger partial charge in [0.25, 0.3) is 5.91 Å². The minimum atomic E-state index is -0.237. The van der Waals surface area contributed by atoms with Crippen LogP contribution in [0.1, 0.15) is 5.56 Å². The number of hydrogen-bond donors (Lipinski definition) is 1. The average Bonchev–Trinajstić information content (AvgIpc) is 3.11. The largest absolute Gasteiger partial charge is 0.503 e. The SMILES string of the molecule is COc1cc(/C=C2\SC(N3CCN(c4ccccc4)CC3)=NC2=O)cc(Br)c1O. The number of nitrogens with zero attached hydrogens (tertiary/aromatic N) is 3. The third-order valence-corrected chi connectivity index (χ3v) is 6.50. The van der Waals surface area contributed by atoms with Crippen molar-refractivity contribution in [1.29, 1.82) is 0 Å². The lowest BCUT2D eigenvalue weighted by Gasteiger charge is -2.36. The summed E-state index contributed by atoms with van der Waals surface area (Å²) in [6.45, 7) is 3.41. The van der Waals surface area contributed by atoms with Crippen LogP contribution < -0.4 is 9.64 Å². The number of carbonyl (C=O) groups is 1. The van der Waals surface area contributed by atoms with Crippen molar-refractivity contribution in [1.82, 2.24) is 4.90 Å². The highest BCUT2D eigenvalue weighted by Gasteiger charge is 2.28. The van der Waals surface area contributed by atoms with E-state index in [1.165, 1.54) is 24.6 Å². The molecule has 0 aromatic heterocycles. The number of methoxy groups -OCH3 is 1. The van der Waals surface area contributed by atoms with Crippen molar-refractivity contribution in [2.24, 2.45) is 4.99 Å². The molecule has 150 valence electrons. The van der Waals surface area contributed by atoms with Gasteiger partial charge in [-0.1, -0.05) is 18.2 Å². The number of phenols is 1. The summed E-state index contributed by atoms with van der Waals surface area (Å²) >= 11 is 4.70. The average molecular weight is 474 g/mol. The molecule has 2 heterocycles. The van der Waals surface area contributed by atoms with Crippen molar-refractivity contribution in [3.05, 3.63) is 57.4 Å². The Morgan fingerprint density at radius 2 is 1.83 bits per heavy atom. The lowest BCUT2D eigenvalue weighted by Crippen LogP contribution is -2.47. The molecule has 29 heavy (non-hydrogen) atoms. The summed E-state index contributed by atoms with van der Waals surface area (Å²) in [7, 11) is 1.49. The molecule has 1 saturated heterocycles. The second kappa shape index (κ2) is 8.51. The highest BCUT2D eigenvalue weighted by Crippen LogP contribution is 2.37. The molecule has 2 aromatic carbocycles. The number of rotatable bonds is 3. The highest BCUT2D eigenvalue weighted by molar-refractivity contribution is 9.10. The number of aromatic hydroxyl groups is 1. The molecule has 0 atom stereocenters.